The van der Waals surface area contributed by atoms with Crippen LogP contribution in [0.1, 0.15) is 37.4 Å². The minimum atomic E-state index is -1.12. The van der Waals surface area contributed by atoms with E-state index in [-0.39, 0.29) is 17.9 Å². The Morgan fingerprint density at radius 3 is 2.36 bits per heavy atom. The Balaban J connectivity index is 1.89. The number of nitrogens with zero attached hydrogens (tertiary/aromatic N) is 2. The summed E-state index contributed by atoms with van der Waals surface area (Å²) >= 11 is 0. The van der Waals surface area contributed by atoms with Crippen molar-refractivity contribution in [2.75, 3.05) is 18.1 Å². The van der Waals surface area contributed by atoms with Gasteiger partial charge >= 0.3 is 0 Å². The highest BCUT2D eigenvalue weighted by atomic mass is 32.2. The number of hydrazone groups is 1. The molecule has 1 amide bonds. The molecule has 3 rings (SSSR count). The quantitative estimate of drug-likeness (QED) is 0.804. The fourth-order valence-corrected chi connectivity index (χ4v) is 3.60. The predicted molar refractivity (Wildman–Crippen MR) is 113 cm³/mol. The molecule has 6 nitrogen and oxygen atoms in total. The van der Waals surface area contributed by atoms with E-state index in [9.17, 15) is 9.00 Å². The minimum absolute atomic E-state index is 0.00418. The molecule has 0 aromatic heterocycles. The van der Waals surface area contributed by atoms with Crippen LogP contribution in [0.15, 0.2) is 53.6 Å². The molecular weight excluding hydrogens is 374 g/mol. The van der Waals surface area contributed by atoms with Crippen molar-refractivity contribution in [1.82, 2.24) is 5.01 Å². The van der Waals surface area contributed by atoms with Crippen LogP contribution >= 0.6 is 0 Å². The van der Waals surface area contributed by atoms with Crippen LogP contribution in [0.5, 0.6) is 5.75 Å². The zero-order valence-corrected chi connectivity index (χ0v) is 17.3. The third kappa shape index (κ3) is 4.42. The number of hydrogen-bond acceptors (Lipinski definition) is 4. The van der Waals surface area contributed by atoms with Gasteiger partial charge in [0, 0.05) is 24.3 Å². The average molecular weight is 400 g/mol. The molecule has 2 unspecified atom stereocenters. The third-order valence-corrected chi connectivity index (χ3v) is 5.13. The van der Waals surface area contributed by atoms with Gasteiger partial charge in [-0.15, -0.1) is 0 Å². The van der Waals surface area contributed by atoms with E-state index in [1.54, 1.807) is 18.4 Å². The molecular formula is C21H25N3O3S. The second-order valence-corrected chi connectivity index (χ2v) is 8.12. The van der Waals surface area contributed by atoms with E-state index >= 15 is 0 Å². The van der Waals surface area contributed by atoms with E-state index in [1.807, 2.05) is 62.4 Å². The first-order valence-corrected chi connectivity index (χ1v) is 10.7. The Bertz CT molecular complexity index is 892. The average Bonchev–Trinajstić information content (AvgIpc) is 3.12. The van der Waals surface area contributed by atoms with Crippen LogP contribution in [0.25, 0.3) is 0 Å². The topological polar surface area (TPSA) is 71.0 Å². The molecule has 1 heterocycles. The largest absolute Gasteiger partial charge is 0.497 e. The fourth-order valence-electron chi connectivity index (χ4n) is 3.13. The molecule has 2 atom stereocenters. The summed E-state index contributed by atoms with van der Waals surface area (Å²) < 4.78 is 19.4. The van der Waals surface area contributed by atoms with Crippen molar-refractivity contribution in [3.05, 3.63) is 59.7 Å². The monoisotopic (exact) mass is 399 g/mol. The zero-order valence-electron chi connectivity index (χ0n) is 16.5. The van der Waals surface area contributed by atoms with E-state index in [2.05, 4.69) is 9.82 Å². The van der Waals surface area contributed by atoms with Gasteiger partial charge in [0.05, 0.1) is 18.9 Å². The number of ether oxygens (including phenoxy) is 1. The van der Waals surface area contributed by atoms with Gasteiger partial charge < -0.3 is 9.46 Å². The van der Waals surface area contributed by atoms with Gasteiger partial charge in [-0.3, -0.25) is 4.79 Å². The molecule has 1 aliphatic heterocycles. The van der Waals surface area contributed by atoms with Crippen molar-refractivity contribution >= 4 is 28.3 Å². The SMILES string of the molecule is COc1ccc(C2CC(c3ccc(NS(C)=O)cc3)=NN2C(=O)C(C)C)cc1. The molecule has 0 radical (unpaired) electrons. The number of hydrogen-bond donors (Lipinski definition) is 1. The maximum Gasteiger partial charge on any atom is 0.245 e. The summed E-state index contributed by atoms with van der Waals surface area (Å²) in [6.07, 6.45) is 2.22. The van der Waals surface area contributed by atoms with Crippen molar-refractivity contribution in [3.8, 4) is 5.75 Å². The molecule has 7 heteroatoms. The molecule has 28 heavy (non-hydrogen) atoms. The lowest BCUT2D eigenvalue weighted by Gasteiger charge is -2.23. The summed E-state index contributed by atoms with van der Waals surface area (Å²) in [5, 5.41) is 6.27. The molecule has 0 saturated heterocycles. The van der Waals surface area contributed by atoms with Crippen molar-refractivity contribution < 1.29 is 13.7 Å². The second kappa shape index (κ2) is 8.56. The molecule has 148 valence electrons. The van der Waals surface area contributed by atoms with Crippen LogP contribution in [0, 0.1) is 5.92 Å². The van der Waals surface area contributed by atoms with E-state index < -0.39 is 11.0 Å². The van der Waals surface area contributed by atoms with E-state index in [0.29, 0.717) is 6.42 Å². The minimum Gasteiger partial charge on any atom is -0.497 e. The highest BCUT2D eigenvalue weighted by Gasteiger charge is 2.34. The fraction of sp³-hybridized carbons (Fsp3) is 0.333. The first kappa shape index (κ1) is 20.1. The van der Waals surface area contributed by atoms with Crippen LogP contribution in [0.2, 0.25) is 0 Å². The normalized spacial score (nSPS) is 17.4. The number of methoxy groups -OCH3 is 1. The number of anilines is 1. The number of carbonyl (C=O) groups is 1. The summed E-state index contributed by atoms with van der Waals surface area (Å²) in [5.41, 5.74) is 3.61. The van der Waals surface area contributed by atoms with Crippen molar-refractivity contribution in [2.45, 2.75) is 26.3 Å². The lowest BCUT2D eigenvalue weighted by atomic mass is 9.97. The van der Waals surface area contributed by atoms with Crippen molar-refractivity contribution in [1.29, 1.82) is 0 Å². The lowest BCUT2D eigenvalue weighted by molar-refractivity contribution is -0.136. The molecule has 0 spiro atoms. The Morgan fingerprint density at radius 2 is 1.82 bits per heavy atom. The summed E-state index contributed by atoms with van der Waals surface area (Å²) in [6, 6.07) is 15.2. The summed E-state index contributed by atoms with van der Waals surface area (Å²) in [5.74, 6) is 0.631. The van der Waals surface area contributed by atoms with Gasteiger partial charge in [-0.1, -0.05) is 38.1 Å². The maximum absolute atomic E-state index is 12.8. The molecule has 2 aromatic carbocycles. The number of benzene rings is 2. The Hall–Kier alpha value is -2.67. The van der Waals surface area contributed by atoms with Gasteiger partial charge in [0.1, 0.15) is 16.7 Å². The molecule has 1 aliphatic rings. The van der Waals surface area contributed by atoms with Crippen LogP contribution in [0.3, 0.4) is 0 Å². The summed E-state index contributed by atoms with van der Waals surface area (Å²) in [7, 11) is 0.513. The predicted octanol–water partition coefficient (Wildman–Crippen LogP) is 3.73. The van der Waals surface area contributed by atoms with Crippen molar-refractivity contribution in [2.24, 2.45) is 11.0 Å². The standard InChI is InChI=1S/C21H25N3O3S/c1-14(2)21(25)24-20(16-7-11-18(27-3)12-8-16)13-19(22-24)15-5-9-17(10-6-15)23-28(4)26/h5-12,14,20,23H,13H2,1-4H3. The smallest absolute Gasteiger partial charge is 0.245 e. The van der Waals surface area contributed by atoms with Gasteiger partial charge in [0.15, 0.2) is 0 Å². The first-order valence-electron chi connectivity index (χ1n) is 9.14. The van der Waals surface area contributed by atoms with Crippen molar-refractivity contribution in [3.63, 3.8) is 0 Å². The third-order valence-electron chi connectivity index (χ3n) is 4.61. The zero-order chi connectivity index (χ0) is 20.3. The molecule has 1 N–H and O–H groups in total. The summed E-state index contributed by atoms with van der Waals surface area (Å²) in [6.45, 7) is 3.76. The van der Waals surface area contributed by atoms with Crippen LogP contribution in [-0.2, 0) is 15.8 Å². The van der Waals surface area contributed by atoms with Crippen LogP contribution < -0.4 is 9.46 Å². The maximum atomic E-state index is 12.8. The second-order valence-electron chi connectivity index (χ2n) is 7.01. The highest BCUT2D eigenvalue weighted by molar-refractivity contribution is 7.85. The molecule has 0 saturated carbocycles. The van der Waals surface area contributed by atoms with E-state index in [4.69, 9.17) is 4.74 Å². The molecule has 2 aromatic rings. The lowest BCUT2D eigenvalue weighted by Crippen LogP contribution is -2.30. The Labute approximate surface area is 168 Å². The highest BCUT2D eigenvalue weighted by Crippen LogP contribution is 2.34. The molecule has 0 fully saturated rings. The van der Waals surface area contributed by atoms with Gasteiger partial charge in [0.2, 0.25) is 5.91 Å². The Morgan fingerprint density at radius 1 is 1.18 bits per heavy atom. The van der Waals surface area contributed by atoms with Gasteiger partial charge in [-0.05, 0) is 35.4 Å². The molecule has 0 bridgehead atoms. The van der Waals surface area contributed by atoms with E-state index in [0.717, 1.165) is 28.3 Å². The van der Waals surface area contributed by atoms with E-state index in [1.165, 1.54) is 0 Å². The van der Waals surface area contributed by atoms with Crippen LogP contribution in [-0.4, -0.2) is 34.2 Å². The molecule has 0 aliphatic carbocycles. The number of carbonyl (C=O) groups excluding carboxylic acids is 1. The van der Waals surface area contributed by atoms with Gasteiger partial charge in [0.25, 0.3) is 0 Å². The number of nitrogens with one attached hydrogen (secondary N) is 1. The summed E-state index contributed by atoms with van der Waals surface area (Å²) in [4.78, 5) is 12.8. The Kier molecular flexibility index (Phi) is 6.14. The van der Waals surface area contributed by atoms with Gasteiger partial charge in [-0.2, -0.15) is 5.10 Å². The van der Waals surface area contributed by atoms with Crippen LogP contribution in [0.4, 0.5) is 5.69 Å². The number of rotatable bonds is 6. The first-order chi connectivity index (χ1) is 13.4. The number of amides is 1. The van der Waals surface area contributed by atoms with Gasteiger partial charge in [-0.25, -0.2) is 9.22 Å².